The van der Waals surface area contributed by atoms with E-state index in [0.717, 1.165) is 25.9 Å². The number of urea groups is 1. The van der Waals surface area contributed by atoms with Gasteiger partial charge in [-0.25, -0.2) is 4.79 Å². The maximum Gasteiger partial charge on any atom is 0.319 e. The number of carbonyl (C=O) groups excluding carboxylic acids is 1. The summed E-state index contributed by atoms with van der Waals surface area (Å²) in [5.74, 6) is 0. The van der Waals surface area contributed by atoms with Gasteiger partial charge in [-0.05, 0) is 44.1 Å². The molecular formula is C19H24N4O4. The molecule has 0 spiro atoms. The van der Waals surface area contributed by atoms with Crippen LogP contribution in [0.3, 0.4) is 0 Å². The van der Waals surface area contributed by atoms with Gasteiger partial charge in [0, 0.05) is 5.69 Å². The highest BCUT2D eigenvalue weighted by Crippen LogP contribution is 2.32. The van der Waals surface area contributed by atoms with Crippen molar-refractivity contribution in [1.82, 2.24) is 10.2 Å². The number of benzene rings is 1. The fourth-order valence-corrected chi connectivity index (χ4v) is 4.17. The van der Waals surface area contributed by atoms with Crippen molar-refractivity contribution in [2.75, 3.05) is 25.0 Å². The summed E-state index contributed by atoms with van der Waals surface area (Å²) in [5, 5.41) is 25.5. The van der Waals surface area contributed by atoms with Crippen molar-refractivity contribution in [3.05, 3.63) is 29.8 Å². The van der Waals surface area contributed by atoms with Gasteiger partial charge in [0.05, 0.1) is 36.4 Å². The van der Waals surface area contributed by atoms with Crippen molar-refractivity contribution in [2.24, 2.45) is 0 Å². The summed E-state index contributed by atoms with van der Waals surface area (Å²) < 4.78 is 11.7. The monoisotopic (exact) mass is 372 g/mol. The van der Waals surface area contributed by atoms with Gasteiger partial charge in [0.15, 0.2) is 6.29 Å². The summed E-state index contributed by atoms with van der Waals surface area (Å²) in [5.41, 5.74) is 0.983. The van der Waals surface area contributed by atoms with Crippen molar-refractivity contribution >= 4 is 11.7 Å². The largest absolute Gasteiger partial charge is 0.389 e. The summed E-state index contributed by atoms with van der Waals surface area (Å²) >= 11 is 0. The molecule has 0 saturated carbocycles. The van der Waals surface area contributed by atoms with Crippen LogP contribution in [0.4, 0.5) is 10.5 Å². The Hall–Kier alpha value is -2.18. The summed E-state index contributed by atoms with van der Waals surface area (Å²) in [4.78, 5) is 14.7. The normalized spacial score (nSPS) is 33.3. The number of fused-ring (bicyclic) bond motifs is 2. The molecule has 1 aromatic carbocycles. The Labute approximate surface area is 158 Å². The van der Waals surface area contributed by atoms with Gasteiger partial charge in [0.1, 0.15) is 6.10 Å². The van der Waals surface area contributed by atoms with Gasteiger partial charge in [-0.1, -0.05) is 12.5 Å². The first kappa shape index (κ1) is 18.2. The molecule has 3 aliphatic rings. The van der Waals surface area contributed by atoms with Crippen LogP contribution in [0, 0.1) is 11.3 Å². The molecule has 3 N–H and O–H groups in total. The van der Waals surface area contributed by atoms with E-state index in [1.54, 1.807) is 24.3 Å². The summed E-state index contributed by atoms with van der Waals surface area (Å²) in [7, 11) is 0. The second-order valence-electron chi connectivity index (χ2n) is 7.27. The Bertz CT molecular complexity index is 731. The van der Waals surface area contributed by atoms with E-state index in [1.165, 1.54) is 6.42 Å². The number of rotatable bonds is 3. The number of ether oxygens (including phenoxy) is 2. The molecule has 3 aliphatic heterocycles. The second-order valence-corrected chi connectivity index (χ2v) is 7.27. The number of carbonyl (C=O) groups is 1. The molecule has 5 atom stereocenters. The first-order valence-corrected chi connectivity index (χ1v) is 9.42. The summed E-state index contributed by atoms with van der Waals surface area (Å²) in [6.45, 7) is 2.14. The number of nitriles is 1. The number of hydrogen-bond donors (Lipinski definition) is 3. The van der Waals surface area contributed by atoms with Crippen LogP contribution in [-0.2, 0) is 9.47 Å². The van der Waals surface area contributed by atoms with Gasteiger partial charge in [-0.2, -0.15) is 5.26 Å². The molecule has 0 radical (unpaired) electrons. The van der Waals surface area contributed by atoms with Crippen LogP contribution >= 0.6 is 0 Å². The third kappa shape index (κ3) is 3.77. The van der Waals surface area contributed by atoms with Crippen LogP contribution in [0.1, 0.15) is 24.8 Å². The molecule has 3 heterocycles. The Morgan fingerprint density at radius 3 is 2.89 bits per heavy atom. The molecule has 2 bridgehead atoms. The number of piperidine rings is 1. The minimum Gasteiger partial charge on any atom is -0.389 e. The van der Waals surface area contributed by atoms with Crippen LogP contribution < -0.4 is 10.6 Å². The van der Waals surface area contributed by atoms with Gasteiger partial charge >= 0.3 is 6.03 Å². The Morgan fingerprint density at radius 2 is 2.11 bits per heavy atom. The molecule has 8 heteroatoms. The van der Waals surface area contributed by atoms with Gasteiger partial charge in [0.25, 0.3) is 0 Å². The van der Waals surface area contributed by atoms with E-state index in [1.807, 2.05) is 6.07 Å². The SMILES string of the molecule is N#Cc1cccc(NC(=O)N[C@H]2[C@H](O)[C@@H](N3CCCCC3)[C@@H]3OC[C@H]2O3)c1. The molecule has 4 rings (SSSR count). The van der Waals surface area contributed by atoms with Crippen LogP contribution in [0.15, 0.2) is 24.3 Å². The lowest BCUT2D eigenvalue weighted by atomic mass is 9.93. The quantitative estimate of drug-likeness (QED) is 0.731. The van der Waals surface area contributed by atoms with Crippen LogP contribution in [0.2, 0.25) is 0 Å². The molecule has 1 aromatic rings. The summed E-state index contributed by atoms with van der Waals surface area (Å²) in [6.07, 6.45) is 1.78. The minimum absolute atomic E-state index is 0.281. The number of hydrogen-bond acceptors (Lipinski definition) is 6. The predicted molar refractivity (Wildman–Crippen MR) is 96.9 cm³/mol. The van der Waals surface area contributed by atoms with E-state index in [9.17, 15) is 9.90 Å². The number of likely N-dealkylation sites (tertiary alicyclic amines) is 1. The third-order valence-corrected chi connectivity index (χ3v) is 5.49. The van der Waals surface area contributed by atoms with E-state index in [0.29, 0.717) is 17.9 Å². The predicted octanol–water partition coefficient (Wildman–Crippen LogP) is 1.02. The first-order chi connectivity index (χ1) is 13.2. The van der Waals surface area contributed by atoms with E-state index in [2.05, 4.69) is 15.5 Å². The molecule has 0 unspecified atom stereocenters. The topological polar surface area (TPSA) is 107 Å². The average Bonchev–Trinajstić information content (AvgIpc) is 3.11. The van der Waals surface area contributed by atoms with Crippen LogP contribution in [0.25, 0.3) is 0 Å². The number of amides is 2. The molecule has 2 amide bonds. The highest BCUT2D eigenvalue weighted by molar-refractivity contribution is 5.89. The molecule has 3 fully saturated rings. The fourth-order valence-electron chi connectivity index (χ4n) is 4.17. The smallest absolute Gasteiger partial charge is 0.319 e. The Balaban J connectivity index is 1.44. The molecular weight excluding hydrogens is 348 g/mol. The lowest BCUT2D eigenvalue weighted by Gasteiger charge is -2.45. The third-order valence-electron chi connectivity index (χ3n) is 5.49. The average molecular weight is 372 g/mol. The zero-order valence-electron chi connectivity index (χ0n) is 15.0. The Morgan fingerprint density at radius 1 is 1.30 bits per heavy atom. The zero-order chi connectivity index (χ0) is 18.8. The molecule has 0 aliphatic carbocycles. The number of anilines is 1. The maximum atomic E-state index is 12.5. The molecule has 0 aromatic heterocycles. The molecule has 27 heavy (non-hydrogen) atoms. The number of nitrogens with zero attached hydrogens (tertiary/aromatic N) is 2. The highest BCUT2D eigenvalue weighted by Gasteiger charge is 2.52. The molecule has 3 saturated heterocycles. The van der Waals surface area contributed by atoms with E-state index < -0.39 is 24.5 Å². The number of aliphatic hydroxyl groups excluding tert-OH is 1. The fraction of sp³-hybridized carbons (Fsp3) is 0.579. The Kier molecular flexibility index (Phi) is 5.27. The lowest BCUT2D eigenvalue weighted by Crippen LogP contribution is -2.66. The van der Waals surface area contributed by atoms with Crippen molar-refractivity contribution in [1.29, 1.82) is 5.26 Å². The van der Waals surface area contributed by atoms with Crippen molar-refractivity contribution < 1.29 is 19.4 Å². The van der Waals surface area contributed by atoms with Crippen LogP contribution in [-0.4, -0.2) is 66.3 Å². The number of aliphatic hydroxyl groups is 1. The highest BCUT2D eigenvalue weighted by atomic mass is 16.7. The standard InChI is InChI=1S/C19H24N4O4/c20-10-12-5-4-6-13(9-12)21-19(25)22-15-14-11-26-18(27-14)16(17(15)24)23-7-2-1-3-8-23/h4-6,9,14-18,24H,1-3,7-8,11H2,(H2,21,22,25)/t14-,15-,16-,17+,18-/m1/s1. The van der Waals surface area contributed by atoms with Gasteiger partial charge < -0.3 is 25.2 Å². The lowest BCUT2D eigenvalue weighted by molar-refractivity contribution is -0.183. The van der Waals surface area contributed by atoms with Crippen molar-refractivity contribution in [2.45, 2.75) is 49.8 Å². The van der Waals surface area contributed by atoms with Gasteiger partial charge in [-0.15, -0.1) is 0 Å². The van der Waals surface area contributed by atoms with Gasteiger partial charge in [-0.3, -0.25) is 4.90 Å². The maximum absolute atomic E-state index is 12.5. The van der Waals surface area contributed by atoms with E-state index >= 15 is 0 Å². The van der Waals surface area contributed by atoms with E-state index in [4.69, 9.17) is 14.7 Å². The minimum atomic E-state index is -0.773. The zero-order valence-corrected chi connectivity index (χ0v) is 15.0. The second kappa shape index (κ2) is 7.82. The summed E-state index contributed by atoms with van der Waals surface area (Å²) in [6, 6.07) is 7.43. The van der Waals surface area contributed by atoms with Crippen LogP contribution in [0.5, 0.6) is 0 Å². The number of nitrogens with one attached hydrogen (secondary N) is 2. The van der Waals surface area contributed by atoms with Gasteiger partial charge in [0.2, 0.25) is 0 Å². The van der Waals surface area contributed by atoms with E-state index in [-0.39, 0.29) is 12.1 Å². The van der Waals surface area contributed by atoms with Crippen molar-refractivity contribution in [3.63, 3.8) is 0 Å². The molecule has 144 valence electrons. The van der Waals surface area contributed by atoms with Crippen molar-refractivity contribution in [3.8, 4) is 6.07 Å². The molecule has 8 nitrogen and oxygen atoms in total. The first-order valence-electron chi connectivity index (χ1n) is 9.42.